The lowest BCUT2D eigenvalue weighted by Gasteiger charge is -2.17. The van der Waals surface area contributed by atoms with Crippen molar-refractivity contribution in [2.75, 3.05) is 14.2 Å². The lowest BCUT2D eigenvalue weighted by Crippen LogP contribution is -2.29. The molecule has 0 amide bonds. The molecule has 166 valence electrons. The molecule has 0 saturated carbocycles. The van der Waals surface area contributed by atoms with Gasteiger partial charge in [-0.2, -0.15) is 0 Å². The number of rotatable bonds is 9. The molecule has 0 fully saturated rings. The Bertz CT molecular complexity index is 1150. The molecule has 31 heavy (non-hydrogen) atoms. The van der Waals surface area contributed by atoms with E-state index >= 15 is 0 Å². The van der Waals surface area contributed by atoms with E-state index in [0.29, 0.717) is 23.9 Å². The monoisotopic (exact) mass is 450 g/mol. The van der Waals surface area contributed by atoms with Crippen LogP contribution in [0.2, 0.25) is 0 Å². The van der Waals surface area contributed by atoms with E-state index in [1.165, 1.54) is 50.6 Å². The molecule has 1 N–H and O–H groups in total. The fraction of sp³-hybridized carbons (Fsp3) is 0.300. The third kappa shape index (κ3) is 4.94. The van der Waals surface area contributed by atoms with Gasteiger partial charge in [0.1, 0.15) is 28.0 Å². The van der Waals surface area contributed by atoms with E-state index in [1.54, 1.807) is 17.6 Å². The van der Waals surface area contributed by atoms with Crippen LogP contribution in [0.3, 0.4) is 0 Å². The van der Waals surface area contributed by atoms with E-state index in [0.717, 1.165) is 0 Å². The van der Waals surface area contributed by atoms with Gasteiger partial charge in [0.05, 0.1) is 20.3 Å². The summed E-state index contributed by atoms with van der Waals surface area (Å²) in [7, 11) is -1.15. The first-order valence-electron chi connectivity index (χ1n) is 9.40. The van der Waals surface area contributed by atoms with Crippen molar-refractivity contribution in [1.29, 1.82) is 0 Å². The minimum Gasteiger partial charge on any atom is -0.497 e. The summed E-state index contributed by atoms with van der Waals surface area (Å²) >= 11 is 0. The van der Waals surface area contributed by atoms with Crippen molar-refractivity contribution in [3.05, 3.63) is 54.1 Å². The molecule has 0 aliphatic heterocycles. The quantitative estimate of drug-likeness (QED) is 0.533. The summed E-state index contributed by atoms with van der Waals surface area (Å²) in [6.07, 6.45) is 0. The molecule has 0 bridgehead atoms. The second-order valence-corrected chi connectivity index (χ2v) is 8.18. The van der Waals surface area contributed by atoms with Gasteiger partial charge in [0.15, 0.2) is 5.82 Å². The van der Waals surface area contributed by atoms with Crippen molar-refractivity contribution in [3.63, 3.8) is 0 Å². The Morgan fingerprint density at radius 1 is 1.06 bits per heavy atom. The number of halogens is 1. The van der Waals surface area contributed by atoms with E-state index in [2.05, 4.69) is 14.9 Å². The normalized spacial score (nSPS) is 12.4. The van der Waals surface area contributed by atoms with Gasteiger partial charge in [-0.05, 0) is 50.2 Å². The molecular weight excluding hydrogens is 427 g/mol. The summed E-state index contributed by atoms with van der Waals surface area (Å²) in [6, 6.07) is 9.38. The highest BCUT2D eigenvalue weighted by Gasteiger charge is 2.27. The largest absolute Gasteiger partial charge is 0.497 e. The number of hydrogen-bond acceptors (Lipinski definition) is 7. The van der Waals surface area contributed by atoms with Crippen LogP contribution in [-0.2, 0) is 16.6 Å². The van der Waals surface area contributed by atoms with E-state index in [4.69, 9.17) is 14.2 Å². The van der Waals surface area contributed by atoms with Gasteiger partial charge in [0.25, 0.3) is 0 Å². The predicted molar refractivity (Wildman–Crippen MR) is 110 cm³/mol. The first-order chi connectivity index (χ1) is 14.8. The maximum absolute atomic E-state index is 13.1. The average Bonchev–Trinajstić information content (AvgIpc) is 3.17. The maximum atomic E-state index is 13.1. The van der Waals surface area contributed by atoms with Gasteiger partial charge >= 0.3 is 6.01 Å². The molecule has 0 aliphatic carbocycles. The number of sulfonamides is 1. The van der Waals surface area contributed by atoms with Crippen LogP contribution in [0.25, 0.3) is 0 Å². The Morgan fingerprint density at radius 3 is 2.35 bits per heavy atom. The summed E-state index contributed by atoms with van der Waals surface area (Å²) in [6.45, 7) is 3.91. The molecule has 0 radical (unpaired) electrons. The number of methoxy groups -OCH3 is 2. The van der Waals surface area contributed by atoms with Crippen LogP contribution in [0, 0.1) is 5.82 Å². The number of ether oxygens (including phenoxy) is 3. The molecule has 1 atom stereocenters. The van der Waals surface area contributed by atoms with E-state index < -0.39 is 16.1 Å². The summed E-state index contributed by atoms with van der Waals surface area (Å²) < 4.78 is 59.4. The lowest BCUT2D eigenvalue weighted by molar-refractivity contribution is 0.391. The highest BCUT2D eigenvalue weighted by molar-refractivity contribution is 7.89. The third-order valence-corrected chi connectivity index (χ3v) is 6.03. The molecule has 0 aliphatic rings. The lowest BCUT2D eigenvalue weighted by atomic mass is 10.3. The topological polar surface area (TPSA) is 105 Å². The summed E-state index contributed by atoms with van der Waals surface area (Å²) in [4.78, 5) is -0.0634. The van der Waals surface area contributed by atoms with E-state index in [9.17, 15) is 12.8 Å². The minimum absolute atomic E-state index is 0.0634. The van der Waals surface area contributed by atoms with Crippen molar-refractivity contribution in [2.45, 2.75) is 31.3 Å². The average molecular weight is 450 g/mol. The van der Waals surface area contributed by atoms with Crippen LogP contribution < -0.4 is 18.9 Å². The van der Waals surface area contributed by atoms with Crippen LogP contribution >= 0.6 is 0 Å². The highest BCUT2D eigenvalue weighted by Crippen LogP contribution is 2.30. The third-order valence-electron chi connectivity index (χ3n) is 4.46. The van der Waals surface area contributed by atoms with Crippen molar-refractivity contribution in [1.82, 2.24) is 19.5 Å². The van der Waals surface area contributed by atoms with Crippen LogP contribution in [0.15, 0.2) is 47.4 Å². The number of aromatic nitrogens is 3. The number of nitrogens with zero attached hydrogens (tertiary/aromatic N) is 3. The Balaban J connectivity index is 1.87. The standard InChI is InChI=1S/C20H23FN4O5S/c1-5-25-19(22-23-20(25)30-15-8-6-14(21)7-9-15)13(2)24-31(26,27)18-12-16(28-3)10-11-17(18)29-4/h6-13,24H,5H2,1-4H3/t13-/m1/s1. The molecule has 3 aromatic rings. The molecule has 0 spiro atoms. The molecule has 9 nitrogen and oxygen atoms in total. The molecule has 1 heterocycles. The SMILES string of the molecule is CCn1c(Oc2ccc(F)cc2)nnc1[C@@H](C)NS(=O)(=O)c1cc(OC)ccc1OC. The Hall–Kier alpha value is -3.18. The minimum atomic E-state index is -3.98. The van der Waals surface area contributed by atoms with Gasteiger partial charge in [0.2, 0.25) is 10.0 Å². The fourth-order valence-corrected chi connectivity index (χ4v) is 4.33. The summed E-state index contributed by atoms with van der Waals surface area (Å²) in [5.41, 5.74) is 0. The number of nitrogens with one attached hydrogen (secondary N) is 1. The van der Waals surface area contributed by atoms with Crippen molar-refractivity contribution in [2.24, 2.45) is 0 Å². The zero-order chi connectivity index (χ0) is 22.6. The molecule has 2 aromatic carbocycles. The number of hydrogen-bond donors (Lipinski definition) is 1. The Kier molecular flexibility index (Phi) is 6.76. The molecule has 0 saturated heterocycles. The molecular formula is C20H23FN4O5S. The van der Waals surface area contributed by atoms with Gasteiger partial charge in [-0.25, -0.2) is 17.5 Å². The van der Waals surface area contributed by atoms with E-state index in [-0.39, 0.29) is 22.5 Å². The van der Waals surface area contributed by atoms with Crippen molar-refractivity contribution < 1.29 is 27.0 Å². The Labute approximate surface area is 179 Å². The van der Waals surface area contributed by atoms with Gasteiger partial charge in [0, 0.05) is 12.6 Å². The second kappa shape index (κ2) is 9.31. The predicted octanol–water partition coefficient (Wildman–Crippen LogP) is 3.29. The van der Waals surface area contributed by atoms with E-state index in [1.807, 2.05) is 6.92 Å². The molecule has 1 aromatic heterocycles. The first-order valence-corrected chi connectivity index (χ1v) is 10.9. The van der Waals surface area contributed by atoms with Crippen LogP contribution in [-0.4, -0.2) is 37.4 Å². The zero-order valence-corrected chi connectivity index (χ0v) is 18.3. The van der Waals surface area contributed by atoms with Crippen molar-refractivity contribution in [3.8, 4) is 23.3 Å². The smallest absolute Gasteiger partial charge is 0.322 e. The van der Waals surface area contributed by atoms with Gasteiger partial charge in [-0.3, -0.25) is 4.57 Å². The zero-order valence-electron chi connectivity index (χ0n) is 17.5. The Morgan fingerprint density at radius 2 is 1.74 bits per heavy atom. The molecule has 11 heteroatoms. The van der Waals surface area contributed by atoms with Gasteiger partial charge in [-0.15, -0.1) is 5.10 Å². The number of benzene rings is 2. The summed E-state index contributed by atoms with van der Waals surface area (Å²) in [5, 5.41) is 8.09. The van der Waals surface area contributed by atoms with Gasteiger partial charge < -0.3 is 14.2 Å². The second-order valence-electron chi connectivity index (χ2n) is 6.50. The fourth-order valence-electron chi connectivity index (χ4n) is 2.94. The molecule has 3 rings (SSSR count). The first kappa shape index (κ1) is 22.5. The molecule has 0 unspecified atom stereocenters. The van der Waals surface area contributed by atoms with Gasteiger partial charge in [-0.1, -0.05) is 5.10 Å². The van der Waals surface area contributed by atoms with Crippen LogP contribution in [0.1, 0.15) is 25.7 Å². The van der Waals surface area contributed by atoms with Crippen LogP contribution in [0.4, 0.5) is 4.39 Å². The van der Waals surface area contributed by atoms with Crippen molar-refractivity contribution >= 4 is 10.0 Å². The van der Waals surface area contributed by atoms with Crippen LogP contribution in [0.5, 0.6) is 23.3 Å². The summed E-state index contributed by atoms with van der Waals surface area (Å²) in [5.74, 6) is 0.897. The highest BCUT2D eigenvalue weighted by atomic mass is 32.2. The maximum Gasteiger partial charge on any atom is 0.322 e.